The van der Waals surface area contributed by atoms with E-state index in [1.807, 2.05) is 18.2 Å². The van der Waals surface area contributed by atoms with Gasteiger partial charge in [-0.25, -0.2) is 4.79 Å². The summed E-state index contributed by atoms with van der Waals surface area (Å²) in [5, 5.41) is 17.8. The maximum atomic E-state index is 11.5. The number of aliphatic hydroxyl groups excluding tert-OH is 1. The molecule has 2 amide bonds. The van der Waals surface area contributed by atoms with Crippen LogP contribution in [0.2, 0.25) is 0 Å². The van der Waals surface area contributed by atoms with Crippen LogP contribution in [0.15, 0.2) is 40.6 Å². The van der Waals surface area contributed by atoms with Gasteiger partial charge in [-0.2, -0.15) is 10.2 Å². The second kappa shape index (κ2) is 4.50. The lowest BCUT2D eigenvalue weighted by atomic mass is 10.3. The fourth-order valence-corrected chi connectivity index (χ4v) is 1.63. The Morgan fingerprint density at radius 2 is 1.82 bits per heavy atom. The van der Waals surface area contributed by atoms with Crippen LogP contribution in [0.3, 0.4) is 0 Å². The summed E-state index contributed by atoms with van der Waals surface area (Å²) in [6.07, 6.45) is -1.62. The molecule has 1 N–H and O–H groups in total. The Balaban J connectivity index is 2.14. The van der Waals surface area contributed by atoms with Crippen molar-refractivity contribution in [2.75, 3.05) is 14.1 Å². The van der Waals surface area contributed by atoms with Crippen LogP contribution in [-0.2, 0) is 0 Å². The summed E-state index contributed by atoms with van der Waals surface area (Å²) in [5.41, 5.74) is 0.690. The van der Waals surface area contributed by atoms with Gasteiger partial charge in [0.05, 0.1) is 5.69 Å². The number of azo groups is 1. The molecular formula is C11H14N4O2. The van der Waals surface area contributed by atoms with Crippen LogP contribution >= 0.6 is 0 Å². The number of likely N-dealkylation sites (N-methyl/N-ethyl adjacent to an activating group) is 2. The first-order chi connectivity index (χ1) is 8.11. The first-order valence-corrected chi connectivity index (χ1v) is 5.25. The number of nitrogens with zero attached hydrogens (tertiary/aromatic N) is 4. The maximum absolute atomic E-state index is 11.5. The molecule has 1 saturated heterocycles. The van der Waals surface area contributed by atoms with E-state index in [1.165, 1.54) is 16.8 Å². The van der Waals surface area contributed by atoms with Crippen molar-refractivity contribution in [3.63, 3.8) is 0 Å². The lowest BCUT2D eigenvalue weighted by Gasteiger charge is -2.14. The molecule has 1 heterocycles. The highest BCUT2D eigenvalue weighted by Crippen LogP contribution is 2.21. The standard InChI is InChI=1S/C11H14N4O2/c1-14-9(10(16)15(2)11(14)17)13-12-8-6-4-3-5-7-8/h3-7,9-10,16H,1-2H3. The number of carbonyl (C=O) groups is 1. The van der Waals surface area contributed by atoms with Gasteiger partial charge in [-0.05, 0) is 12.1 Å². The Bertz CT molecular complexity index is 434. The molecule has 2 rings (SSSR count). The predicted molar refractivity (Wildman–Crippen MR) is 61.7 cm³/mol. The molecular weight excluding hydrogens is 220 g/mol. The molecule has 2 unspecified atom stereocenters. The van der Waals surface area contributed by atoms with Crippen LogP contribution in [0, 0.1) is 0 Å². The van der Waals surface area contributed by atoms with Gasteiger partial charge >= 0.3 is 6.03 Å². The molecule has 6 heteroatoms. The van der Waals surface area contributed by atoms with Crippen LogP contribution in [0.1, 0.15) is 0 Å². The summed E-state index contributed by atoms with van der Waals surface area (Å²) >= 11 is 0. The van der Waals surface area contributed by atoms with E-state index in [2.05, 4.69) is 10.2 Å². The Morgan fingerprint density at radius 3 is 2.35 bits per heavy atom. The van der Waals surface area contributed by atoms with Crippen LogP contribution in [0.25, 0.3) is 0 Å². The largest absolute Gasteiger partial charge is 0.369 e. The van der Waals surface area contributed by atoms with Crippen LogP contribution in [0.5, 0.6) is 0 Å². The summed E-state index contributed by atoms with van der Waals surface area (Å²) in [6, 6.07) is 8.91. The van der Waals surface area contributed by atoms with Gasteiger partial charge in [0.2, 0.25) is 0 Å². The van der Waals surface area contributed by atoms with E-state index in [0.717, 1.165) is 0 Å². The van der Waals surface area contributed by atoms with E-state index in [1.54, 1.807) is 19.2 Å². The average molecular weight is 234 g/mol. The molecule has 1 aromatic carbocycles. The van der Waals surface area contributed by atoms with Crippen LogP contribution in [0.4, 0.5) is 10.5 Å². The van der Waals surface area contributed by atoms with Crippen molar-refractivity contribution in [3.05, 3.63) is 30.3 Å². The molecule has 0 aliphatic carbocycles. The van der Waals surface area contributed by atoms with E-state index >= 15 is 0 Å². The molecule has 1 fully saturated rings. The van der Waals surface area contributed by atoms with Crippen molar-refractivity contribution in [1.82, 2.24) is 9.80 Å². The Hall–Kier alpha value is -1.95. The summed E-state index contributed by atoms with van der Waals surface area (Å²) < 4.78 is 0. The molecule has 1 aromatic rings. The first-order valence-electron chi connectivity index (χ1n) is 5.25. The zero-order valence-electron chi connectivity index (χ0n) is 9.69. The number of amides is 2. The highest BCUT2D eigenvalue weighted by atomic mass is 16.3. The molecule has 1 aliphatic heterocycles. The zero-order chi connectivity index (χ0) is 12.4. The average Bonchev–Trinajstić information content (AvgIpc) is 2.54. The fourth-order valence-electron chi connectivity index (χ4n) is 1.63. The monoisotopic (exact) mass is 234 g/mol. The van der Waals surface area contributed by atoms with Crippen LogP contribution < -0.4 is 0 Å². The van der Waals surface area contributed by atoms with Gasteiger partial charge < -0.3 is 5.11 Å². The maximum Gasteiger partial charge on any atom is 0.323 e. The normalized spacial score (nSPS) is 25.0. The predicted octanol–water partition coefficient (Wildman–Crippen LogP) is 1.41. The molecule has 0 spiro atoms. The Morgan fingerprint density at radius 1 is 1.18 bits per heavy atom. The second-order valence-corrected chi connectivity index (χ2v) is 3.88. The zero-order valence-corrected chi connectivity index (χ0v) is 9.69. The molecule has 1 aliphatic rings. The highest BCUT2D eigenvalue weighted by Gasteiger charge is 2.41. The van der Waals surface area contributed by atoms with Crippen molar-refractivity contribution in [2.45, 2.75) is 12.4 Å². The smallest absolute Gasteiger partial charge is 0.323 e. The number of rotatable bonds is 2. The van der Waals surface area contributed by atoms with E-state index in [-0.39, 0.29) is 6.03 Å². The van der Waals surface area contributed by atoms with Crippen molar-refractivity contribution in [2.24, 2.45) is 10.2 Å². The van der Waals surface area contributed by atoms with Gasteiger partial charge in [-0.15, -0.1) is 0 Å². The van der Waals surface area contributed by atoms with Crippen molar-refractivity contribution >= 4 is 11.7 Å². The Labute approximate surface area is 99.2 Å². The molecule has 2 atom stereocenters. The summed E-state index contributed by atoms with van der Waals surface area (Å²) in [6.45, 7) is 0. The van der Waals surface area contributed by atoms with Gasteiger partial charge in [0.15, 0.2) is 12.4 Å². The SMILES string of the molecule is CN1C(=O)N(C)C(N=Nc2ccccc2)C1O. The van der Waals surface area contributed by atoms with Gasteiger partial charge in [0, 0.05) is 14.1 Å². The van der Waals surface area contributed by atoms with Crippen molar-refractivity contribution in [3.8, 4) is 0 Å². The third kappa shape index (κ3) is 2.12. The highest BCUT2D eigenvalue weighted by molar-refractivity contribution is 5.76. The minimum atomic E-state index is -0.958. The van der Waals surface area contributed by atoms with E-state index in [0.29, 0.717) is 5.69 Å². The number of hydrogen-bond acceptors (Lipinski definition) is 4. The molecule has 0 aromatic heterocycles. The minimum Gasteiger partial charge on any atom is -0.369 e. The number of benzene rings is 1. The summed E-state index contributed by atoms with van der Waals surface area (Å²) in [5.74, 6) is 0. The molecule has 0 bridgehead atoms. The van der Waals surface area contributed by atoms with E-state index in [9.17, 15) is 9.90 Å². The lowest BCUT2D eigenvalue weighted by Crippen LogP contribution is -2.32. The number of aliphatic hydroxyl groups is 1. The number of urea groups is 1. The minimum absolute atomic E-state index is 0.269. The van der Waals surface area contributed by atoms with Gasteiger partial charge in [-0.3, -0.25) is 9.80 Å². The molecule has 6 nitrogen and oxygen atoms in total. The van der Waals surface area contributed by atoms with Crippen molar-refractivity contribution < 1.29 is 9.90 Å². The summed E-state index contributed by atoms with van der Waals surface area (Å²) in [4.78, 5) is 14.1. The number of carbonyl (C=O) groups excluding carboxylic acids is 1. The topological polar surface area (TPSA) is 68.5 Å². The number of hydrogen-bond donors (Lipinski definition) is 1. The van der Waals surface area contributed by atoms with Gasteiger partial charge in [0.1, 0.15) is 0 Å². The summed E-state index contributed by atoms with van der Waals surface area (Å²) in [7, 11) is 3.12. The quantitative estimate of drug-likeness (QED) is 0.786. The third-order valence-corrected chi connectivity index (χ3v) is 2.71. The van der Waals surface area contributed by atoms with E-state index in [4.69, 9.17) is 0 Å². The Kier molecular flexibility index (Phi) is 3.06. The van der Waals surface area contributed by atoms with Gasteiger partial charge in [0.25, 0.3) is 0 Å². The molecule has 90 valence electrons. The van der Waals surface area contributed by atoms with E-state index < -0.39 is 12.4 Å². The molecule has 0 radical (unpaired) electrons. The molecule has 0 saturated carbocycles. The second-order valence-electron chi connectivity index (χ2n) is 3.88. The van der Waals surface area contributed by atoms with Gasteiger partial charge in [-0.1, -0.05) is 18.2 Å². The molecule has 17 heavy (non-hydrogen) atoms. The lowest BCUT2D eigenvalue weighted by molar-refractivity contribution is 0.0483. The third-order valence-electron chi connectivity index (χ3n) is 2.71. The fraction of sp³-hybridized carbons (Fsp3) is 0.364. The first kappa shape index (κ1) is 11.5. The van der Waals surface area contributed by atoms with Crippen LogP contribution in [-0.4, -0.2) is 47.4 Å². The van der Waals surface area contributed by atoms with Crippen molar-refractivity contribution in [1.29, 1.82) is 0 Å².